The van der Waals surface area contributed by atoms with Gasteiger partial charge in [-0.2, -0.15) is 0 Å². The van der Waals surface area contributed by atoms with E-state index < -0.39 is 0 Å². The third-order valence-corrected chi connectivity index (χ3v) is 3.24. The lowest BCUT2D eigenvalue weighted by Crippen LogP contribution is -2.31. The van der Waals surface area contributed by atoms with Gasteiger partial charge >= 0.3 is 0 Å². The van der Waals surface area contributed by atoms with Gasteiger partial charge in [0.2, 0.25) is 0 Å². The molecule has 0 atom stereocenters. The van der Waals surface area contributed by atoms with Crippen LogP contribution in [0.4, 0.5) is 5.69 Å². The standard InChI is InChI=1S/C13H13N5O2/c14-9-2-3-10-11(8-9)13(20)18(12(10)19)6-1-5-17-7-4-15-16-17/h2-4,7-8H,1,5-6,14H2. The molecule has 1 aliphatic heterocycles. The maximum Gasteiger partial charge on any atom is 0.261 e. The van der Waals surface area contributed by atoms with Crippen LogP contribution in [-0.2, 0) is 6.54 Å². The van der Waals surface area contributed by atoms with Gasteiger partial charge in [0.15, 0.2) is 0 Å². The number of nitrogen functional groups attached to an aromatic ring is 1. The monoisotopic (exact) mass is 271 g/mol. The Labute approximate surface area is 115 Å². The number of nitrogens with zero attached hydrogens (tertiary/aromatic N) is 4. The molecule has 20 heavy (non-hydrogen) atoms. The Morgan fingerprint density at radius 3 is 2.65 bits per heavy atom. The molecule has 0 saturated heterocycles. The van der Waals surface area contributed by atoms with Gasteiger partial charge in [-0.15, -0.1) is 5.10 Å². The number of aryl methyl sites for hydroxylation is 1. The van der Waals surface area contributed by atoms with Crippen molar-refractivity contribution in [1.82, 2.24) is 19.9 Å². The zero-order valence-electron chi connectivity index (χ0n) is 10.7. The fraction of sp³-hybridized carbons (Fsp3) is 0.231. The highest BCUT2D eigenvalue weighted by atomic mass is 16.2. The number of carbonyl (C=O) groups is 2. The van der Waals surface area contributed by atoms with E-state index in [0.29, 0.717) is 36.3 Å². The summed E-state index contributed by atoms with van der Waals surface area (Å²) < 4.78 is 1.66. The lowest BCUT2D eigenvalue weighted by molar-refractivity contribution is 0.0650. The molecular formula is C13H13N5O2. The van der Waals surface area contributed by atoms with Crippen molar-refractivity contribution >= 4 is 17.5 Å². The number of carbonyl (C=O) groups excluding carboxylic acids is 2. The van der Waals surface area contributed by atoms with Gasteiger partial charge in [-0.25, -0.2) is 0 Å². The average Bonchev–Trinajstić information content (AvgIpc) is 3.02. The molecule has 102 valence electrons. The highest BCUT2D eigenvalue weighted by Gasteiger charge is 2.34. The van der Waals surface area contributed by atoms with Gasteiger partial charge in [0.05, 0.1) is 17.3 Å². The van der Waals surface area contributed by atoms with Crippen LogP contribution >= 0.6 is 0 Å². The predicted molar refractivity (Wildman–Crippen MR) is 70.9 cm³/mol. The molecule has 2 heterocycles. The summed E-state index contributed by atoms with van der Waals surface area (Å²) in [4.78, 5) is 25.6. The highest BCUT2D eigenvalue weighted by Crippen LogP contribution is 2.24. The summed E-state index contributed by atoms with van der Waals surface area (Å²) in [7, 11) is 0. The number of fused-ring (bicyclic) bond motifs is 1. The predicted octanol–water partition coefficient (Wildman–Crippen LogP) is 0.547. The number of benzene rings is 1. The quantitative estimate of drug-likeness (QED) is 0.647. The largest absolute Gasteiger partial charge is 0.399 e. The summed E-state index contributed by atoms with van der Waals surface area (Å²) in [6.07, 6.45) is 3.96. The molecule has 0 aliphatic carbocycles. The summed E-state index contributed by atoms with van der Waals surface area (Å²) in [6.45, 7) is 0.960. The van der Waals surface area contributed by atoms with Crippen LogP contribution in [0.15, 0.2) is 30.6 Å². The Balaban J connectivity index is 1.70. The first-order valence-electron chi connectivity index (χ1n) is 6.26. The first-order chi connectivity index (χ1) is 9.66. The first kappa shape index (κ1) is 12.3. The molecule has 2 amide bonds. The van der Waals surface area contributed by atoms with Crippen LogP contribution in [-0.4, -0.2) is 38.3 Å². The number of imide groups is 1. The summed E-state index contributed by atoms with van der Waals surface area (Å²) in [5.74, 6) is -0.542. The second kappa shape index (κ2) is 4.76. The number of hydrogen-bond acceptors (Lipinski definition) is 5. The lowest BCUT2D eigenvalue weighted by atomic mass is 10.1. The molecular weight excluding hydrogens is 258 g/mol. The van der Waals surface area contributed by atoms with Gasteiger partial charge in [0.1, 0.15) is 0 Å². The molecule has 1 aromatic carbocycles. The first-order valence-corrected chi connectivity index (χ1v) is 6.26. The Hall–Kier alpha value is -2.70. The molecule has 1 aliphatic rings. The van der Waals surface area contributed by atoms with E-state index in [2.05, 4.69) is 10.3 Å². The maximum atomic E-state index is 12.2. The SMILES string of the molecule is Nc1ccc2c(c1)C(=O)N(CCCn1ccnn1)C2=O. The van der Waals surface area contributed by atoms with E-state index >= 15 is 0 Å². The summed E-state index contributed by atoms with van der Waals surface area (Å²) in [5.41, 5.74) is 6.93. The summed E-state index contributed by atoms with van der Waals surface area (Å²) in [5, 5.41) is 7.53. The summed E-state index contributed by atoms with van der Waals surface area (Å²) >= 11 is 0. The Bertz CT molecular complexity index is 665. The van der Waals surface area contributed by atoms with Crippen molar-refractivity contribution < 1.29 is 9.59 Å². The van der Waals surface area contributed by atoms with Crippen LogP contribution < -0.4 is 5.73 Å². The van der Waals surface area contributed by atoms with Crippen molar-refractivity contribution in [3.05, 3.63) is 41.7 Å². The van der Waals surface area contributed by atoms with Crippen molar-refractivity contribution in [1.29, 1.82) is 0 Å². The van der Waals surface area contributed by atoms with Gasteiger partial charge in [-0.3, -0.25) is 19.2 Å². The minimum atomic E-state index is -0.282. The molecule has 7 nitrogen and oxygen atoms in total. The minimum absolute atomic E-state index is 0.261. The normalized spacial score (nSPS) is 13.9. The van der Waals surface area contributed by atoms with Crippen LogP contribution in [0.1, 0.15) is 27.1 Å². The van der Waals surface area contributed by atoms with Crippen molar-refractivity contribution in [3.63, 3.8) is 0 Å². The molecule has 1 aromatic heterocycles. The number of amides is 2. The van der Waals surface area contributed by atoms with Crippen LogP contribution in [0.2, 0.25) is 0 Å². The van der Waals surface area contributed by atoms with Gasteiger partial charge in [-0.05, 0) is 24.6 Å². The van der Waals surface area contributed by atoms with Crippen molar-refractivity contribution in [3.8, 4) is 0 Å². The fourth-order valence-electron chi connectivity index (χ4n) is 2.25. The minimum Gasteiger partial charge on any atom is -0.399 e. The van der Waals surface area contributed by atoms with Crippen LogP contribution in [0.25, 0.3) is 0 Å². The third-order valence-electron chi connectivity index (χ3n) is 3.24. The van der Waals surface area contributed by atoms with Crippen molar-refractivity contribution in [2.45, 2.75) is 13.0 Å². The van der Waals surface area contributed by atoms with Gasteiger partial charge in [0.25, 0.3) is 11.8 Å². The second-order valence-electron chi connectivity index (χ2n) is 4.59. The van der Waals surface area contributed by atoms with E-state index in [-0.39, 0.29) is 11.8 Å². The summed E-state index contributed by atoms with van der Waals surface area (Å²) in [6, 6.07) is 4.78. The Morgan fingerprint density at radius 2 is 1.90 bits per heavy atom. The zero-order chi connectivity index (χ0) is 14.1. The van der Waals surface area contributed by atoms with Crippen LogP contribution in [0.5, 0.6) is 0 Å². The van der Waals surface area contributed by atoms with Gasteiger partial charge in [0, 0.05) is 25.0 Å². The molecule has 0 bridgehead atoms. The van der Waals surface area contributed by atoms with Crippen molar-refractivity contribution in [2.75, 3.05) is 12.3 Å². The maximum absolute atomic E-state index is 12.2. The third kappa shape index (κ3) is 2.03. The second-order valence-corrected chi connectivity index (χ2v) is 4.59. The molecule has 2 N–H and O–H groups in total. The molecule has 7 heteroatoms. The number of anilines is 1. The molecule has 0 saturated carbocycles. The topological polar surface area (TPSA) is 94.1 Å². The number of hydrogen-bond donors (Lipinski definition) is 1. The average molecular weight is 271 g/mol. The Morgan fingerprint density at radius 1 is 1.10 bits per heavy atom. The van der Waals surface area contributed by atoms with Crippen LogP contribution in [0.3, 0.4) is 0 Å². The highest BCUT2D eigenvalue weighted by molar-refractivity contribution is 6.21. The smallest absolute Gasteiger partial charge is 0.261 e. The van der Waals surface area contributed by atoms with E-state index in [1.165, 1.54) is 4.90 Å². The zero-order valence-corrected chi connectivity index (χ0v) is 10.7. The molecule has 0 fully saturated rings. The van der Waals surface area contributed by atoms with Gasteiger partial charge < -0.3 is 5.73 Å². The number of aromatic nitrogens is 3. The molecule has 3 rings (SSSR count). The van der Waals surface area contributed by atoms with E-state index in [0.717, 1.165) is 0 Å². The molecule has 0 radical (unpaired) electrons. The number of rotatable bonds is 4. The molecule has 2 aromatic rings. The van der Waals surface area contributed by atoms with Crippen molar-refractivity contribution in [2.24, 2.45) is 0 Å². The molecule has 0 unspecified atom stereocenters. The molecule has 0 spiro atoms. The lowest BCUT2D eigenvalue weighted by Gasteiger charge is -2.13. The van der Waals surface area contributed by atoms with Gasteiger partial charge in [-0.1, -0.05) is 5.21 Å². The van der Waals surface area contributed by atoms with Crippen LogP contribution in [0, 0.1) is 0 Å². The van der Waals surface area contributed by atoms with E-state index in [9.17, 15) is 9.59 Å². The Kier molecular flexibility index (Phi) is 2.94. The fourth-order valence-corrected chi connectivity index (χ4v) is 2.25. The van der Waals surface area contributed by atoms with E-state index in [1.807, 2.05) is 0 Å². The van der Waals surface area contributed by atoms with E-state index in [1.54, 1.807) is 35.3 Å². The number of nitrogens with two attached hydrogens (primary N) is 1. The van der Waals surface area contributed by atoms with E-state index in [4.69, 9.17) is 5.73 Å².